The molecule has 2 fully saturated rings. The lowest BCUT2D eigenvalue weighted by atomic mass is 9.70. The van der Waals surface area contributed by atoms with Gasteiger partial charge >= 0.3 is 0 Å². The Morgan fingerprint density at radius 3 is 2.38 bits per heavy atom. The number of hydrogen-bond acceptors (Lipinski definition) is 1. The van der Waals surface area contributed by atoms with Crippen molar-refractivity contribution in [1.29, 1.82) is 0 Å². The number of rotatable bonds is 5. The third kappa shape index (κ3) is 2.80. The second-order valence-corrected chi connectivity index (χ2v) is 6.04. The van der Waals surface area contributed by atoms with Crippen LogP contribution in [0.3, 0.4) is 0 Å². The summed E-state index contributed by atoms with van der Waals surface area (Å²) in [6.45, 7) is 2.39. The zero-order valence-corrected chi connectivity index (χ0v) is 11.2. The predicted octanol–water partition coefficient (Wildman–Crippen LogP) is 3.98. The normalized spacial score (nSPS) is 33.4. The fourth-order valence-electron chi connectivity index (χ4n) is 3.87. The molecule has 0 aliphatic heterocycles. The van der Waals surface area contributed by atoms with Crippen LogP contribution in [0.4, 0.5) is 0 Å². The van der Waals surface area contributed by atoms with E-state index in [1.807, 2.05) is 0 Å². The molecule has 16 heavy (non-hydrogen) atoms. The van der Waals surface area contributed by atoms with Gasteiger partial charge in [-0.15, -0.1) is 0 Å². The predicted molar refractivity (Wildman–Crippen MR) is 70.5 cm³/mol. The summed E-state index contributed by atoms with van der Waals surface area (Å²) in [5.41, 5.74) is 0. The summed E-state index contributed by atoms with van der Waals surface area (Å²) >= 11 is 0. The molecule has 3 atom stereocenters. The average molecular weight is 223 g/mol. The Morgan fingerprint density at radius 2 is 1.81 bits per heavy atom. The molecular formula is C15H29N. The standard InChI is InChI=1S/C15H29N/c1-3-13-9-4-5-10-14(13)15(16-2)11-12-7-6-8-12/h12-16H,3-11H2,1-2H3. The molecule has 2 aliphatic rings. The van der Waals surface area contributed by atoms with E-state index in [0.717, 1.165) is 23.8 Å². The summed E-state index contributed by atoms with van der Waals surface area (Å²) in [5.74, 6) is 3.03. The van der Waals surface area contributed by atoms with Crippen molar-refractivity contribution in [1.82, 2.24) is 5.32 Å². The molecule has 2 aliphatic carbocycles. The highest BCUT2D eigenvalue weighted by Gasteiger charge is 2.32. The quantitative estimate of drug-likeness (QED) is 0.743. The Bertz CT molecular complexity index is 198. The molecule has 0 aromatic carbocycles. The molecule has 0 aromatic heterocycles. The summed E-state index contributed by atoms with van der Waals surface area (Å²) in [6.07, 6.45) is 13.3. The molecule has 2 rings (SSSR count). The molecule has 0 heterocycles. The summed E-state index contributed by atoms with van der Waals surface area (Å²) in [6, 6.07) is 0.815. The summed E-state index contributed by atoms with van der Waals surface area (Å²) in [7, 11) is 2.19. The molecule has 0 aromatic rings. The van der Waals surface area contributed by atoms with Gasteiger partial charge in [-0.05, 0) is 37.6 Å². The van der Waals surface area contributed by atoms with Gasteiger partial charge in [0.15, 0.2) is 0 Å². The Balaban J connectivity index is 1.88. The summed E-state index contributed by atoms with van der Waals surface area (Å²) in [4.78, 5) is 0. The smallest absolute Gasteiger partial charge is 0.00976 e. The van der Waals surface area contributed by atoms with E-state index in [0.29, 0.717) is 0 Å². The molecule has 0 radical (unpaired) electrons. The minimum Gasteiger partial charge on any atom is -0.317 e. The molecule has 1 nitrogen and oxygen atoms in total. The van der Waals surface area contributed by atoms with E-state index in [2.05, 4.69) is 19.3 Å². The number of hydrogen-bond donors (Lipinski definition) is 1. The second-order valence-electron chi connectivity index (χ2n) is 6.04. The van der Waals surface area contributed by atoms with Crippen molar-refractivity contribution in [2.75, 3.05) is 7.05 Å². The summed E-state index contributed by atoms with van der Waals surface area (Å²) < 4.78 is 0. The van der Waals surface area contributed by atoms with Crippen molar-refractivity contribution in [2.45, 2.75) is 70.8 Å². The molecule has 0 bridgehead atoms. The van der Waals surface area contributed by atoms with Crippen molar-refractivity contribution in [2.24, 2.45) is 17.8 Å². The molecular weight excluding hydrogens is 194 g/mol. The Morgan fingerprint density at radius 1 is 1.06 bits per heavy atom. The first-order valence-corrected chi connectivity index (χ1v) is 7.52. The van der Waals surface area contributed by atoms with E-state index >= 15 is 0 Å². The van der Waals surface area contributed by atoms with Crippen molar-refractivity contribution in [3.05, 3.63) is 0 Å². The van der Waals surface area contributed by atoms with Gasteiger partial charge in [0.2, 0.25) is 0 Å². The first kappa shape index (κ1) is 12.4. The van der Waals surface area contributed by atoms with Gasteiger partial charge in [0.25, 0.3) is 0 Å². The van der Waals surface area contributed by atoms with Gasteiger partial charge in [0.05, 0.1) is 0 Å². The van der Waals surface area contributed by atoms with Gasteiger partial charge in [-0.1, -0.05) is 51.9 Å². The van der Waals surface area contributed by atoms with Crippen LogP contribution in [0.25, 0.3) is 0 Å². The lowest BCUT2D eigenvalue weighted by molar-refractivity contribution is 0.144. The summed E-state index contributed by atoms with van der Waals surface area (Å²) in [5, 5.41) is 3.64. The fraction of sp³-hybridized carbons (Fsp3) is 1.00. The maximum atomic E-state index is 3.64. The minimum absolute atomic E-state index is 0.815. The molecule has 1 heteroatoms. The van der Waals surface area contributed by atoms with Gasteiger partial charge in [-0.3, -0.25) is 0 Å². The van der Waals surface area contributed by atoms with E-state index in [-0.39, 0.29) is 0 Å². The van der Waals surface area contributed by atoms with Crippen LogP contribution < -0.4 is 5.32 Å². The van der Waals surface area contributed by atoms with Gasteiger partial charge in [0.1, 0.15) is 0 Å². The van der Waals surface area contributed by atoms with E-state index in [1.165, 1.54) is 57.8 Å². The monoisotopic (exact) mass is 223 g/mol. The molecule has 0 saturated heterocycles. The Kier molecular flexibility index (Phi) is 4.69. The largest absolute Gasteiger partial charge is 0.317 e. The van der Waals surface area contributed by atoms with Crippen molar-refractivity contribution >= 4 is 0 Å². The van der Waals surface area contributed by atoms with Crippen molar-refractivity contribution in [3.8, 4) is 0 Å². The maximum absolute atomic E-state index is 3.64. The molecule has 0 spiro atoms. The van der Waals surface area contributed by atoms with Crippen LogP contribution in [-0.4, -0.2) is 13.1 Å². The van der Waals surface area contributed by atoms with Crippen molar-refractivity contribution < 1.29 is 0 Å². The zero-order chi connectivity index (χ0) is 11.4. The van der Waals surface area contributed by atoms with Crippen LogP contribution >= 0.6 is 0 Å². The molecule has 0 amide bonds. The Hall–Kier alpha value is -0.0400. The third-order valence-corrected chi connectivity index (χ3v) is 5.19. The van der Waals surface area contributed by atoms with Crippen LogP contribution in [0.1, 0.15) is 64.7 Å². The lowest BCUT2D eigenvalue weighted by Gasteiger charge is -2.40. The van der Waals surface area contributed by atoms with Crippen LogP contribution in [0.15, 0.2) is 0 Å². The Labute approximate surface area is 101 Å². The average Bonchev–Trinajstić information content (AvgIpc) is 2.28. The van der Waals surface area contributed by atoms with E-state index < -0.39 is 0 Å². The van der Waals surface area contributed by atoms with Crippen LogP contribution in [0.5, 0.6) is 0 Å². The van der Waals surface area contributed by atoms with Gasteiger partial charge in [-0.2, -0.15) is 0 Å². The second kappa shape index (κ2) is 6.05. The van der Waals surface area contributed by atoms with Gasteiger partial charge < -0.3 is 5.32 Å². The fourth-order valence-corrected chi connectivity index (χ4v) is 3.87. The van der Waals surface area contributed by atoms with Gasteiger partial charge in [0, 0.05) is 6.04 Å². The highest BCUT2D eigenvalue weighted by Crippen LogP contribution is 2.39. The molecule has 94 valence electrons. The maximum Gasteiger partial charge on any atom is 0.00976 e. The lowest BCUT2D eigenvalue weighted by Crippen LogP contribution is -2.41. The first-order chi connectivity index (χ1) is 7.85. The highest BCUT2D eigenvalue weighted by molar-refractivity contribution is 4.87. The van der Waals surface area contributed by atoms with Crippen molar-refractivity contribution in [3.63, 3.8) is 0 Å². The topological polar surface area (TPSA) is 12.0 Å². The molecule has 1 N–H and O–H groups in total. The van der Waals surface area contributed by atoms with Crippen LogP contribution in [0.2, 0.25) is 0 Å². The third-order valence-electron chi connectivity index (χ3n) is 5.19. The molecule has 2 saturated carbocycles. The van der Waals surface area contributed by atoms with E-state index in [9.17, 15) is 0 Å². The molecule has 3 unspecified atom stereocenters. The van der Waals surface area contributed by atoms with Gasteiger partial charge in [-0.25, -0.2) is 0 Å². The van der Waals surface area contributed by atoms with E-state index in [4.69, 9.17) is 0 Å². The SMILES string of the molecule is CCC1CCCCC1C(CC1CCC1)NC. The van der Waals surface area contributed by atoms with Crippen LogP contribution in [0, 0.1) is 17.8 Å². The first-order valence-electron chi connectivity index (χ1n) is 7.52. The van der Waals surface area contributed by atoms with Crippen LogP contribution in [-0.2, 0) is 0 Å². The number of nitrogens with one attached hydrogen (secondary N) is 1. The zero-order valence-electron chi connectivity index (χ0n) is 11.2. The minimum atomic E-state index is 0.815. The highest BCUT2D eigenvalue weighted by atomic mass is 14.9. The van der Waals surface area contributed by atoms with E-state index in [1.54, 1.807) is 0 Å².